The molecule has 3 rings (SSSR count). The summed E-state index contributed by atoms with van der Waals surface area (Å²) in [6, 6.07) is 5.88. The summed E-state index contributed by atoms with van der Waals surface area (Å²) in [7, 11) is 3.11. The monoisotopic (exact) mass is 437 g/mol. The molecule has 0 aliphatic carbocycles. The van der Waals surface area contributed by atoms with E-state index in [2.05, 4.69) is 31.4 Å². The Kier molecular flexibility index (Phi) is 5.92. The van der Waals surface area contributed by atoms with Crippen LogP contribution in [0.5, 0.6) is 17.2 Å². The van der Waals surface area contributed by atoms with Gasteiger partial charge in [0.05, 0.1) is 41.3 Å². The molecule has 0 spiro atoms. The minimum absolute atomic E-state index is 0.0865. The molecule has 9 heteroatoms. The number of nitrogens with zero attached hydrogens (tertiary/aromatic N) is 2. The fourth-order valence-electron chi connectivity index (χ4n) is 2.45. The Morgan fingerprint density at radius 1 is 1.11 bits per heavy atom. The second kappa shape index (κ2) is 8.36. The van der Waals surface area contributed by atoms with Gasteiger partial charge in [0, 0.05) is 24.6 Å². The normalized spacial score (nSPS) is 10.8. The summed E-state index contributed by atoms with van der Waals surface area (Å²) in [5.41, 5.74) is 1.14. The molecule has 0 atom stereocenters. The number of methoxy groups -OCH3 is 2. The third-order valence-corrected chi connectivity index (χ3v) is 4.41. The van der Waals surface area contributed by atoms with Crippen LogP contribution in [0.15, 0.2) is 34.9 Å². The van der Waals surface area contributed by atoms with Crippen LogP contribution in [0.4, 0.5) is 15.8 Å². The van der Waals surface area contributed by atoms with Crippen molar-refractivity contribution >= 4 is 38.2 Å². The van der Waals surface area contributed by atoms with Crippen molar-refractivity contribution in [3.63, 3.8) is 0 Å². The van der Waals surface area contributed by atoms with E-state index >= 15 is 0 Å². The van der Waals surface area contributed by atoms with E-state index in [4.69, 9.17) is 14.2 Å². The van der Waals surface area contributed by atoms with Crippen molar-refractivity contribution in [1.82, 2.24) is 10.2 Å². The van der Waals surface area contributed by atoms with Crippen molar-refractivity contribution in [3.05, 3.63) is 40.8 Å². The van der Waals surface area contributed by atoms with Gasteiger partial charge in [0.2, 0.25) is 0 Å². The van der Waals surface area contributed by atoms with Crippen LogP contribution in [-0.2, 0) is 4.74 Å². The Labute approximate surface area is 163 Å². The molecule has 7 nitrogen and oxygen atoms in total. The van der Waals surface area contributed by atoms with Crippen molar-refractivity contribution in [1.29, 1.82) is 0 Å². The van der Waals surface area contributed by atoms with Gasteiger partial charge in [0.25, 0.3) is 0 Å². The molecule has 3 aromatic rings. The van der Waals surface area contributed by atoms with Crippen LogP contribution >= 0.6 is 15.9 Å². The molecule has 27 heavy (non-hydrogen) atoms. The zero-order chi connectivity index (χ0) is 19.4. The smallest absolute Gasteiger partial charge is 0.163 e. The fourth-order valence-corrected chi connectivity index (χ4v) is 2.77. The molecule has 0 saturated carbocycles. The summed E-state index contributed by atoms with van der Waals surface area (Å²) in [5.74, 6) is 0.377. The van der Waals surface area contributed by atoms with Crippen LogP contribution in [-0.4, -0.2) is 42.7 Å². The number of rotatable bonds is 7. The van der Waals surface area contributed by atoms with E-state index in [9.17, 15) is 9.50 Å². The lowest BCUT2D eigenvalue weighted by Crippen LogP contribution is -2.05. The Morgan fingerprint density at radius 3 is 2.67 bits per heavy atom. The SMILES string of the molecule is COCCOc1cc2nncc(Nc3cc(O)c(Br)cc3F)c2cc1OC. The number of aromatic hydroxyl groups is 1. The van der Waals surface area contributed by atoms with Crippen LogP contribution in [0.25, 0.3) is 10.9 Å². The highest BCUT2D eigenvalue weighted by atomic mass is 79.9. The molecule has 2 N–H and O–H groups in total. The zero-order valence-corrected chi connectivity index (χ0v) is 16.2. The van der Waals surface area contributed by atoms with Crippen LogP contribution in [0.1, 0.15) is 0 Å². The minimum Gasteiger partial charge on any atom is -0.507 e. The number of fused-ring (bicyclic) bond motifs is 1. The number of phenolic OH excluding ortho intramolecular Hbond substituents is 1. The third-order valence-electron chi connectivity index (χ3n) is 3.78. The molecule has 0 fully saturated rings. The average molecular weight is 438 g/mol. The van der Waals surface area contributed by atoms with E-state index in [1.54, 1.807) is 19.2 Å². The molecule has 1 aromatic heterocycles. The summed E-state index contributed by atoms with van der Waals surface area (Å²) in [6.07, 6.45) is 1.46. The molecule has 0 aliphatic heterocycles. The van der Waals surface area contributed by atoms with Crippen LogP contribution < -0.4 is 14.8 Å². The largest absolute Gasteiger partial charge is 0.507 e. The molecule has 0 bridgehead atoms. The predicted molar refractivity (Wildman–Crippen MR) is 103 cm³/mol. The molecular formula is C18H17BrFN3O4. The lowest BCUT2D eigenvalue weighted by Gasteiger charge is -2.14. The van der Waals surface area contributed by atoms with Gasteiger partial charge < -0.3 is 24.6 Å². The minimum atomic E-state index is -0.531. The molecule has 0 aliphatic rings. The maximum atomic E-state index is 14.2. The summed E-state index contributed by atoms with van der Waals surface area (Å²) in [4.78, 5) is 0. The standard InChI is InChI=1S/C18H17BrFN3O4/c1-25-3-4-27-18-8-13-10(5-17(18)26-2)15(9-21-23-13)22-14-7-16(24)11(19)6-12(14)20/h5-9,24H,3-4H2,1-2H3,(H,22,23). The van der Waals surface area contributed by atoms with Crippen molar-refractivity contribution in [2.45, 2.75) is 0 Å². The van der Waals surface area contributed by atoms with Gasteiger partial charge in [-0.3, -0.25) is 0 Å². The number of hydrogen-bond donors (Lipinski definition) is 2. The number of halogens is 2. The lowest BCUT2D eigenvalue weighted by molar-refractivity contribution is 0.144. The molecule has 2 aromatic carbocycles. The van der Waals surface area contributed by atoms with E-state index in [1.165, 1.54) is 25.4 Å². The van der Waals surface area contributed by atoms with Gasteiger partial charge in [0.15, 0.2) is 11.5 Å². The second-order valence-corrected chi connectivity index (χ2v) is 6.38. The van der Waals surface area contributed by atoms with Crippen molar-refractivity contribution in [3.8, 4) is 17.2 Å². The number of hydrogen-bond acceptors (Lipinski definition) is 7. The highest BCUT2D eigenvalue weighted by Gasteiger charge is 2.14. The first-order chi connectivity index (χ1) is 13.0. The third kappa shape index (κ3) is 4.20. The Bertz CT molecular complexity index is 971. The Morgan fingerprint density at radius 2 is 1.93 bits per heavy atom. The van der Waals surface area contributed by atoms with Crippen LogP contribution in [0.2, 0.25) is 0 Å². The highest BCUT2D eigenvalue weighted by molar-refractivity contribution is 9.10. The van der Waals surface area contributed by atoms with Crippen molar-refractivity contribution in [2.24, 2.45) is 0 Å². The number of phenols is 1. The lowest BCUT2D eigenvalue weighted by atomic mass is 10.1. The molecule has 142 valence electrons. The maximum Gasteiger partial charge on any atom is 0.163 e. The number of anilines is 2. The van der Waals surface area contributed by atoms with Gasteiger partial charge in [-0.15, -0.1) is 0 Å². The molecule has 0 saturated heterocycles. The Balaban J connectivity index is 2.00. The summed E-state index contributed by atoms with van der Waals surface area (Å²) < 4.78 is 30.5. The van der Waals surface area contributed by atoms with Crippen molar-refractivity contribution in [2.75, 3.05) is 32.8 Å². The van der Waals surface area contributed by atoms with Gasteiger partial charge in [-0.05, 0) is 28.1 Å². The van der Waals surface area contributed by atoms with Crippen LogP contribution in [0.3, 0.4) is 0 Å². The van der Waals surface area contributed by atoms with E-state index in [0.717, 1.165) is 0 Å². The quantitative estimate of drug-likeness (QED) is 0.539. The molecule has 1 heterocycles. The zero-order valence-electron chi connectivity index (χ0n) is 14.6. The van der Waals surface area contributed by atoms with Crippen molar-refractivity contribution < 1.29 is 23.7 Å². The topological polar surface area (TPSA) is 85.7 Å². The number of aromatic nitrogens is 2. The first kappa shape index (κ1) is 19.1. The maximum absolute atomic E-state index is 14.2. The summed E-state index contributed by atoms with van der Waals surface area (Å²) >= 11 is 3.08. The van der Waals surface area contributed by atoms with Gasteiger partial charge in [0.1, 0.15) is 18.2 Å². The van der Waals surface area contributed by atoms with E-state index < -0.39 is 5.82 Å². The van der Waals surface area contributed by atoms with Gasteiger partial charge >= 0.3 is 0 Å². The molecular weight excluding hydrogens is 421 g/mol. The predicted octanol–water partition coefficient (Wildman–Crippen LogP) is 4.01. The number of ether oxygens (including phenoxy) is 3. The van der Waals surface area contributed by atoms with Crippen LogP contribution in [0, 0.1) is 5.82 Å². The average Bonchev–Trinajstić information content (AvgIpc) is 2.66. The molecule has 0 radical (unpaired) electrons. The first-order valence-corrected chi connectivity index (χ1v) is 8.73. The Hall–Kier alpha value is -2.65. The van der Waals surface area contributed by atoms with Gasteiger partial charge in [-0.25, -0.2) is 4.39 Å². The summed E-state index contributed by atoms with van der Waals surface area (Å²) in [6.45, 7) is 0.786. The van der Waals surface area contributed by atoms with E-state index in [0.29, 0.717) is 41.3 Å². The first-order valence-electron chi connectivity index (χ1n) is 7.93. The van der Waals surface area contributed by atoms with E-state index in [1.807, 2.05) is 0 Å². The number of benzene rings is 2. The van der Waals surface area contributed by atoms with Gasteiger partial charge in [-0.2, -0.15) is 10.2 Å². The molecule has 0 amide bonds. The van der Waals surface area contributed by atoms with E-state index in [-0.39, 0.29) is 15.9 Å². The van der Waals surface area contributed by atoms with Gasteiger partial charge in [-0.1, -0.05) is 0 Å². The number of nitrogens with one attached hydrogen (secondary N) is 1. The summed E-state index contributed by atoms with van der Waals surface area (Å²) in [5, 5.41) is 21.4. The fraction of sp³-hybridized carbons (Fsp3) is 0.222. The highest BCUT2D eigenvalue weighted by Crippen LogP contribution is 2.36. The molecule has 0 unspecified atom stereocenters. The second-order valence-electron chi connectivity index (χ2n) is 5.53.